The van der Waals surface area contributed by atoms with Gasteiger partial charge in [-0.2, -0.15) is 5.10 Å². The van der Waals surface area contributed by atoms with Gasteiger partial charge in [0.2, 0.25) is 0 Å². The number of aliphatic hydroxyl groups is 1. The van der Waals surface area contributed by atoms with E-state index in [1.807, 2.05) is 35.0 Å². The number of fused-ring (bicyclic) bond motifs is 1. The minimum atomic E-state index is -0.499. The van der Waals surface area contributed by atoms with Gasteiger partial charge in [-0.05, 0) is 12.0 Å². The van der Waals surface area contributed by atoms with Crippen molar-refractivity contribution >= 4 is 0 Å². The van der Waals surface area contributed by atoms with Crippen molar-refractivity contribution < 1.29 is 9.84 Å². The standard InChI is InChI=1S/C16H22N4O2/c21-15(11-22-10-13-4-2-1-3-5-13)8-17-14-6-7-16-18-12-19-20(16)9-14/h1-5,12,14-15,17,21H,6-11H2/t14-,15+/m0/s1. The first-order chi connectivity index (χ1) is 10.8. The average molecular weight is 302 g/mol. The highest BCUT2D eigenvalue weighted by Gasteiger charge is 2.19. The van der Waals surface area contributed by atoms with Crippen LogP contribution in [0, 0.1) is 0 Å². The molecule has 6 nitrogen and oxygen atoms in total. The van der Waals surface area contributed by atoms with Gasteiger partial charge in [0, 0.05) is 19.0 Å². The molecule has 0 fully saturated rings. The maximum absolute atomic E-state index is 9.99. The minimum Gasteiger partial charge on any atom is -0.389 e. The number of hydrogen-bond donors (Lipinski definition) is 2. The SMILES string of the molecule is O[C@H](CN[C@H]1CCc2ncnn2C1)COCc1ccccc1. The molecule has 0 amide bonds. The molecule has 6 heteroatoms. The van der Waals surface area contributed by atoms with Gasteiger partial charge in [0.25, 0.3) is 0 Å². The van der Waals surface area contributed by atoms with Crippen molar-refractivity contribution in [2.45, 2.75) is 38.1 Å². The largest absolute Gasteiger partial charge is 0.389 e. The number of rotatable bonds is 7. The molecular formula is C16H22N4O2. The summed E-state index contributed by atoms with van der Waals surface area (Å²) in [6.07, 6.45) is 3.05. The molecule has 0 radical (unpaired) electrons. The molecule has 0 bridgehead atoms. The lowest BCUT2D eigenvalue weighted by molar-refractivity contribution is 0.0269. The molecule has 2 N–H and O–H groups in total. The van der Waals surface area contributed by atoms with Gasteiger partial charge in [0.15, 0.2) is 0 Å². The number of nitrogens with one attached hydrogen (secondary N) is 1. The Balaban J connectivity index is 1.34. The van der Waals surface area contributed by atoms with Gasteiger partial charge in [-0.15, -0.1) is 0 Å². The van der Waals surface area contributed by atoms with Crippen molar-refractivity contribution in [3.63, 3.8) is 0 Å². The van der Waals surface area contributed by atoms with E-state index in [0.717, 1.165) is 30.8 Å². The van der Waals surface area contributed by atoms with Gasteiger partial charge < -0.3 is 15.2 Å². The van der Waals surface area contributed by atoms with Crippen molar-refractivity contribution in [1.29, 1.82) is 0 Å². The molecule has 0 saturated heterocycles. The molecule has 0 spiro atoms. The van der Waals surface area contributed by atoms with Crippen LogP contribution in [-0.2, 0) is 24.3 Å². The highest BCUT2D eigenvalue weighted by molar-refractivity contribution is 5.13. The average Bonchev–Trinajstić information content (AvgIpc) is 3.01. The highest BCUT2D eigenvalue weighted by atomic mass is 16.5. The van der Waals surface area contributed by atoms with Gasteiger partial charge in [0.05, 0.1) is 25.9 Å². The molecule has 1 aromatic carbocycles. The van der Waals surface area contributed by atoms with E-state index in [4.69, 9.17) is 4.74 Å². The van der Waals surface area contributed by atoms with E-state index in [9.17, 15) is 5.11 Å². The lowest BCUT2D eigenvalue weighted by atomic mass is 10.1. The third-order valence-electron chi connectivity index (χ3n) is 3.87. The van der Waals surface area contributed by atoms with E-state index in [0.29, 0.717) is 25.8 Å². The van der Waals surface area contributed by atoms with Crippen LogP contribution in [0.5, 0.6) is 0 Å². The highest BCUT2D eigenvalue weighted by Crippen LogP contribution is 2.11. The normalized spacial score (nSPS) is 18.9. The number of benzene rings is 1. The Morgan fingerprint density at radius 1 is 1.36 bits per heavy atom. The Kier molecular flexibility index (Phi) is 5.15. The zero-order chi connectivity index (χ0) is 15.2. The molecule has 2 aromatic rings. The van der Waals surface area contributed by atoms with E-state index in [1.54, 1.807) is 6.33 Å². The van der Waals surface area contributed by atoms with Crippen LogP contribution in [0.4, 0.5) is 0 Å². The maximum atomic E-state index is 9.99. The third kappa shape index (κ3) is 4.13. The van der Waals surface area contributed by atoms with E-state index < -0.39 is 6.10 Å². The summed E-state index contributed by atoms with van der Waals surface area (Å²) in [4.78, 5) is 4.21. The zero-order valence-corrected chi connectivity index (χ0v) is 12.6. The maximum Gasteiger partial charge on any atom is 0.138 e. The predicted molar refractivity (Wildman–Crippen MR) is 82.2 cm³/mol. The van der Waals surface area contributed by atoms with Gasteiger partial charge >= 0.3 is 0 Å². The summed E-state index contributed by atoms with van der Waals surface area (Å²) in [5.41, 5.74) is 1.12. The van der Waals surface area contributed by atoms with Crippen LogP contribution in [0.15, 0.2) is 36.7 Å². The summed E-state index contributed by atoms with van der Waals surface area (Å²) in [6.45, 7) is 2.21. The van der Waals surface area contributed by atoms with E-state index in [-0.39, 0.29) is 0 Å². The van der Waals surface area contributed by atoms with Crippen molar-refractivity contribution in [2.24, 2.45) is 0 Å². The number of hydrogen-bond acceptors (Lipinski definition) is 5. The first-order valence-corrected chi connectivity index (χ1v) is 7.71. The molecule has 3 rings (SSSR count). The van der Waals surface area contributed by atoms with E-state index >= 15 is 0 Å². The molecule has 2 heterocycles. The van der Waals surface area contributed by atoms with Crippen molar-refractivity contribution in [3.8, 4) is 0 Å². The lowest BCUT2D eigenvalue weighted by Crippen LogP contribution is -2.42. The third-order valence-corrected chi connectivity index (χ3v) is 3.87. The van der Waals surface area contributed by atoms with Crippen LogP contribution in [0.25, 0.3) is 0 Å². The molecule has 0 saturated carbocycles. The molecule has 0 unspecified atom stereocenters. The monoisotopic (exact) mass is 302 g/mol. The van der Waals surface area contributed by atoms with Crippen molar-refractivity contribution in [3.05, 3.63) is 48.0 Å². The molecule has 0 aliphatic carbocycles. The van der Waals surface area contributed by atoms with Crippen LogP contribution in [0.1, 0.15) is 17.8 Å². The number of aliphatic hydroxyl groups excluding tert-OH is 1. The fourth-order valence-electron chi connectivity index (χ4n) is 2.65. The van der Waals surface area contributed by atoms with Crippen LogP contribution in [0.3, 0.4) is 0 Å². The summed E-state index contributed by atoms with van der Waals surface area (Å²) >= 11 is 0. The molecule has 1 aliphatic rings. The number of aromatic nitrogens is 3. The fourth-order valence-corrected chi connectivity index (χ4v) is 2.65. The van der Waals surface area contributed by atoms with Gasteiger partial charge in [0.1, 0.15) is 12.2 Å². The Bertz CT molecular complexity index is 573. The van der Waals surface area contributed by atoms with Crippen LogP contribution in [-0.4, -0.2) is 45.2 Å². The zero-order valence-electron chi connectivity index (χ0n) is 12.6. The fraction of sp³-hybridized carbons (Fsp3) is 0.500. The molecular weight excluding hydrogens is 280 g/mol. The van der Waals surface area contributed by atoms with Gasteiger partial charge in [-0.3, -0.25) is 0 Å². The molecule has 1 aromatic heterocycles. The second-order valence-electron chi connectivity index (χ2n) is 5.66. The van der Waals surface area contributed by atoms with Crippen molar-refractivity contribution in [1.82, 2.24) is 20.1 Å². The van der Waals surface area contributed by atoms with Gasteiger partial charge in [-0.1, -0.05) is 30.3 Å². The molecule has 2 atom stereocenters. The van der Waals surface area contributed by atoms with Crippen LogP contribution >= 0.6 is 0 Å². The Labute approximate surface area is 130 Å². The van der Waals surface area contributed by atoms with E-state index in [2.05, 4.69) is 15.4 Å². The summed E-state index contributed by atoms with van der Waals surface area (Å²) < 4.78 is 7.48. The Morgan fingerprint density at radius 2 is 2.23 bits per heavy atom. The van der Waals surface area contributed by atoms with Crippen molar-refractivity contribution in [2.75, 3.05) is 13.2 Å². The first kappa shape index (κ1) is 15.1. The number of aryl methyl sites for hydroxylation is 1. The summed E-state index contributed by atoms with van der Waals surface area (Å²) in [5, 5.41) is 17.6. The molecule has 1 aliphatic heterocycles. The molecule has 22 heavy (non-hydrogen) atoms. The number of nitrogens with zero attached hydrogens (tertiary/aromatic N) is 3. The first-order valence-electron chi connectivity index (χ1n) is 7.71. The minimum absolute atomic E-state index is 0.331. The Hall–Kier alpha value is -1.76. The second kappa shape index (κ2) is 7.49. The molecule has 118 valence electrons. The number of ether oxygens (including phenoxy) is 1. The van der Waals surface area contributed by atoms with Crippen LogP contribution < -0.4 is 5.32 Å². The summed E-state index contributed by atoms with van der Waals surface area (Å²) in [5.74, 6) is 1.05. The van der Waals surface area contributed by atoms with Crippen LogP contribution in [0.2, 0.25) is 0 Å². The summed E-state index contributed by atoms with van der Waals surface area (Å²) in [6, 6.07) is 10.3. The summed E-state index contributed by atoms with van der Waals surface area (Å²) in [7, 11) is 0. The Morgan fingerprint density at radius 3 is 3.09 bits per heavy atom. The quantitative estimate of drug-likeness (QED) is 0.790. The van der Waals surface area contributed by atoms with E-state index in [1.165, 1.54) is 0 Å². The predicted octanol–water partition coefficient (Wildman–Crippen LogP) is 0.760. The second-order valence-corrected chi connectivity index (χ2v) is 5.66. The lowest BCUT2D eigenvalue weighted by Gasteiger charge is -2.24. The van der Waals surface area contributed by atoms with Gasteiger partial charge in [-0.25, -0.2) is 9.67 Å². The topological polar surface area (TPSA) is 72.2 Å². The smallest absolute Gasteiger partial charge is 0.138 e.